The Balaban J connectivity index is 2.50. The molecular formula is C16H10I2N2O3. The van der Waals surface area contributed by atoms with Crippen molar-refractivity contribution in [2.45, 2.75) is 0 Å². The number of benzene rings is 2. The summed E-state index contributed by atoms with van der Waals surface area (Å²) in [6.07, 6.45) is 1.71. The Labute approximate surface area is 160 Å². The third-order valence-electron chi connectivity index (χ3n) is 3.02. The van der Waals surface area contributed by atoms with Gasteiger partial charge >= 0.3 is 0 Å². The van der Waals surface area contributed by atoms with Gasteiger partial charge in [0, 0.05) is 12.1 Å². The second-order valence-corrected chi connectivity index (χ2v) is 6.82. The molecule has 2 aromatic carbocycles. The molecule has 0 saturated heterocycles. The lowest BCUT2D eigenvalue weighted by Crippen LogP contribution is -1.92. The average Bonchev–Trinajstić information content (AvgIpc) is 2.52. The summed E-state index contributed by atoms with van der Waals surface area (Å²) in [5.41, 5.74) is 1.68. The molecule has 0 saturated carbocycles. The minimum Gasteiger partial charge on any atom is -0.495 e. The van der Waals surface area contributed by atoms with Crippen molar-refractivity contribution in [2.24, 2.45) is 0 Å². The molecule has 0 unspecified atom stereocenters. The van der Waals surface area contributed by atoms with Gasteiger partial charge in [-0.2, -0.15) is 5.26 Å². The Morgan fingerprint density at radius 1 is 1.30 bits per heavy atom. The van der Waals surface area contributed by atoms with E-state index >= 15 is 0 Å². The second kappa shape index (κ2) is 7.74. The number of hydrogen-bond donors (Lipinski definition) is 0. The summed E-state index contributed by atoms with van der Waals surface area (Å²) in [5, 5.41) is 20.3. The molecule has 0 amide bonds. The number of methoxy groups -OCH3 is 1. The van der Waals surface area contributed by atoms with Crippen LogP contribution in [0.5, 0.6) is 5.75 Å². The van der Waals surface area contributed by atoms with E-state index in [-0.39, 0.29) is 5.69 Å². The van der Waals surface area contributed by atoms with Gasteiger partial charge in [-0.05, 0) is 74.5 Å². The van der Waals surface area contributed by atoms with Gasteiger partial charge in [0.05, 0.1) is 30.8 Å². The fourth-order valence-electron chi connectivity index (χ4n) is 1.99. The zero-order valence-corrected chi connectivity index (χ0v) is 16.2. The molecule has 0 spiro atoms. The summed E-state index contributed by atoms with van der Waals surface area (Å²) in [5.74, 6) is 0.789. The van der Waals surface area contributed by atoms with Crippen molar-refractivity contribution in [3.63, 3.8) is 0 Å². The van der Waals surface area contributed by atoms with E-state index in [1.807, 2.05) is 12.1 Å². The van der Waals surface area contributed by atoms with Crippen molar-refractivity contribution in [1.29, 1.82) is 5.26 Å². The summed E-state index contributed by atoms with van der Waals surface area (Å²) in [6.45, 7) is 0. The van der Waals surface area contributed by atoms with Crippen molar-refractivity contribution in [2.75, 3.05) is 7.11 Å². The van der Waals surface area contributed by atoms with Crippen LogP contribution in [0.25, 0.3) is 11.6 Å². The van der Waals surface area contributed by atoms with Gasteiger partial charge in [-0.15, -0.1) is 0 Å². The number of halogens is 2. The molecule has 0 atom stereocenters. The first kappa shape index (κ1) is 17.7. The highest BCUT2D eigenvalue weighted by molar-refractivity contribution is 14.1. The predicted octanol–water partition coefficient (Wildman–Crippen LogP) is 4.88. The number of hydrogen-bond acceptors (Lipinski definition) is 4. The van der Waals surface area contributed by atoms with Crippen LogP contribution in [0.1, 0.15) is 11.1 Å². The molecule has 0 fully saturated rings. The van der Waals surface area contributed by atoms with Gasteiger partial charge in [0.1, 0.15) is 5.75 Å². The van der Waals surface area contributed by atoms with Gasteiger partial charge in [0.25, 0.3) is 5.69 Å². The van der Waals surface area contributed by atoms with Gasteiger partial charge in [-0.1, -0.05) is 12.1 Å². The standard InChI is InChI=1S/C16H10I2N2O3/c1-23-16-14(17)6-10(7-15(16)18)5-12(9-19)11-3-2-4-13(8-11)20(21)22/h2-8H,1H3/b12-5-. The van der Waals surface area contributed by atoms with Crippen LogP contribution in [0.15, 0.2) is 36.4 Å². The zero-order valence-electron chi connectivity index (χ0n) is 11.9. The molecule has 0 aliphatic rings. The van der Waals surface area contributed by atoms with Crippen molar-refractivity contribution < 1.29 is 9.66 Å². The second-order valence-electron chi connectivity index (χ2n) is 4.50. The molecular weight excluding hydrogens is 522 g/mol. The Bertz CT molecular complexity index is 818. The molecule has 0 heterocycles. The Morgan fingerprint density at radius 2 is 1.96 bits per heavy atom. The van der Waals surface area contributed by atoms with E-state index in [2.05, 4.69) is 51.3 Å². The molecule has 2 aromatic rings. The normalized spacial score (nSPS) is 11.0. The van der Waals surface area contributed by atoms with Crippen LogP contribution < -0.4 is 4.74 Å². The number of rotatable bonds is 4. The van der Waals surface area contributed by atoms with Gasteiger partial charge in [-0.3, -0.25) is 10.1 Å². The Hall–Kier alpha value is -1.67. The number of nitro benzene ring substituents is 1. The van der Waals surface area contributed by atoms with E-state index in [1.54, 1.807) is 25.3 Å². The summed E-state index contributed by atoms with van der Waals surface area (Å²) >= 11 is 4.34. The number of nitro groups is 1. The van der Waals surface area contributed by atoms with E-state index in [0.717, 1.165) is 18.5 Å². The SMILES string of the molecule is COc1c(I)cc(/C=C(/C#N)c2cccc([N+](=O)[O-])c2)cc1I. The molecule has 5 nitrogen and oxygen atoms in total. The minimum absolute atomic E-state index is 0.0393. The number of allylic oxidation sites excluding steroid dienone is 1. The van der Waals surface area contributed by atoms with Crippen LogP contribution in [0.4, 0.5) is 5.69 Å². The number of nitriles is 1. The molecule has 23 heavy (non-hydrogen) atoms. The van der Waals surface area contributed by atoms with Gasteiger partial charge < -0.3 is 4.74 Å². The van der Waals surface area contributed by atoms with Crippen LogP contribution >= 0.6 is 45.2 Å². The van der Waals surface area contributed by atoms with E-state index in [1.165, 1.54) is 12.1 Å². The third kappa shape index (κ3) is 4.20. The summed E-state index contributed by atoms with van der Waals surface area (Å²) in [4.78, 5) is 10.4. The molecule has 2 rings (SSSR count). The Kier molecular flexibility index (Phi) is 5.95. The molecule has 0 aliphatic carbocycles. The topological polar surface area (TPSA) is 76.2 Å². The smallest absolute Gasteiger partial charge is 0.270 e. The van der Waals surface area contributed by atoms with Crippen LogP contribution in [0.3, 0.4) is 0 Å². The summed E-state index contributed by atoms with van der Waals surface area (Å²) in [7, 11) is 1.61. The fourth-order valence-corrected chi connectivity index (χ4v) is 4.25. The molecule has 116 valence electrons. The van der Waals surface area contributed by atoms with Crippen molar-refractivity contribution in [1.82, 2.24) is 0 Å². The minimum atomic E-state index is -0.474. The van der Waals surface area contributed by atoms with Gasteiger partial charge in [0.15, 0.2) is 0 Å². The van der Waals surface area contributed by atoms with Crippen LogP contribution in [0.2, 0.25) is 0 Å². The van der Waals surface area contributed by atoms with Crippen LogP contribution in [0, 0.1) is 28.6 Å². The summed E-state index contributed by atoms with van der Waals surface area (Å²) in [6, 6.07) is 12.0. The maximum Gasteiger partial charge on any atom is 0.270 e. The Morgan fingerprint density at radius 3 is 2.48 bits per heavy atom. The predicted molar refractivity (Wildman–Crippen MR) is 105 cm³/mol. The first-order valence-electron chi connectivity index (χ1n) is 6.36. The highest BCUT2D eigenvalue weighted by Gasteiger charge is 2.11. The van der Waals surface area contributed by atoms with E-state index in [4.69, 9.17) is 4.74 Å². The van der Waals surface area contributed by atoms with Crippen molar-refractivity contribution >= 4 is 62.5 Å². The first-order valence-corrected chi connectivity index (χ1v) is 8.51. The fraction of sp³-hybridized carbons (Fsp3) is 0.0625. The molecule has 0 radical (unpaired) electrons. The molecule has 7 heteroatoms. The monoisotopic (exact) mass is 532 g/mol. The average molecular weight is 532 g/mol. The number of ether oxygens (including phenoxy) is 1. The largest absolute Gasteiger partial charge is 0.495 e. The third-order valence-corrected chi connectivity index (χ3v) is 4.63. The maximum absolute atomic E-state index is 10.9. The lowest BCUT2D eigenvalue weighted by molar-refractivity contribution is -0.384. The zero-order chi connectivity index (χ0) is 17.0. The lowest BCUT2D eigenvalue weighted by atomic mass is 10.0. The van der Waals surface area contributed by atoms with Crippen molar-refractivity contribution in [3.8, 4) is 11.8 Å². The molecule has 0 bridgehead atoms. The van der Waals surface area contributed by atoms with E-state index in [0.29, 0.717) is 11.1 Å². The van der Waals surface area contributed by atoms with Crippen LogP contribution in [-0.4, -0.2) is 12.0 Å². The molecule has 0 aromatic heterocycles. The first-order chi connectivity index (χ1) is 11.0. The highest BCUT2D eigenvalue weighted by atomic mass is 127. The quantitative estimate of drug-likeness (QED) is 0.185. The lowest BCUT2D eigenvalue weighted by Gasteiger charge is -2.08. The maximum atomic E-state index is 10.9. The molecule has 0 aliphatic heterocycles. The van der Waals surface area contributed by atoms with Gasteiger partial charge in [0.2, 0.25) is 0 Å². The number of non-ortho nitro benzene ring substituents is 1. The summed E-state index contributed by atoms with van der Waals surface area (Å²) < 4.78 is 7.17. The van der Waals surface area contributed by atoms with Crippen LogP contribution in [-0.2, 0) is 0 Å². The number of nitrogens with zero attached hydrogens (tertiary/aromatic N) is 2. The van der Waals surface area contributed by atoms with E-state index < -0.39 is 4.92 Å². The van der Waals surface area contributed by atoms with E-state index in [9.17, 15) is 15.4 Å². The highest BCUT2D eigenvalue weighted by Crippen LogP contribution is 2.30. The van der Waals surface area contributed by atoms with Crippen molar-refractivity contribution in [3.05, 3.63) is 64.8 Å². The van der Waals surface area contributed by atoms with Gasteiger partial charge in [-0.25, -0.2) is 0 Å². The molecule has 0 N–H and O–H groups in total.